The van der Waals surface area contributed by atoms with E-state index in [1.165, 1.54) is 37.8 Å². The molecule has 3 N–H and O–H groups in total. The number of nitrogens with zero attached hydrogens (tertiary/aromatic N) is 1. The number of nitrogens with two attached hydrogens (primary N) is 1. The molecule has 0 aromatic heterocycles. The summed E-state index contributed by atoms with van der Waals surface area (Å²) in [5, 5.41) is 2.90. The third kappa shape index (κ3) is 2.09. The average molecular weight is 350 g/mol. The Kier molecular flexibility index (Phi) is 3.23. The third-order valence-electron chi connectivity index (χ3n) is 5.31. The monoisotopic (exact) mass is 349 g/mol. The quantitative estimate of drug-likeness (QED) is 0.818. The molecule has 1 amide bonds. The van der Waals surface area contributed by atoms with E-state index in [2.05, 4.69) is 32.2 Å². The van der Waals surface area contributed by atoms with Crippen LogP contribution in [-0.2, 0) is 4.79 Å². The Morgan fingerprint density at radius 2 is 2.05 bits per heavy atom. The van der Waals surface area contributed by atoms with E-state index in [0.717, 1.165) is 28.2 Å². The number of hydrogen-bond acceptors (Lipinski definition) is 3. The number of carbonyl (C=O) groups excluding carboxylic acids is 1. The molecule has 112 valence electrons. The van der Waals surface area contributed by atoms with E-state index in [1.54, 1.807) is 0 Å². The van der Waals surface area contributed by atoms with Crippen LogP contribution in [0.4, 0.5) is 11.4 Å². The maximum Gasteiger partial charge on any atom is 0.245 e. The highest BCUT2D eigenvalue weighted by molar-refractivity contribution is 9.10. The molecule has 2 fully saturated rings. The van der Waals surface area contributed by atoms with Gasteiger partial charge < -0.3 is 16.0 Å². The first kappa shape index (κ1) is 13.6. The fourth-order valence-corrected chi connectivity index (χ4v) is 4.81. The molecule has 1 aromatic rings. The van der Waals surface area contributed by atoms with E-state index in [-0.39, 0.29) is 5.91 Å². The molecule has 3 unspecified atom stereocenters. The summed E-state index contributed by atoms with van der Waals surface area (Å²) in [5.41, 5.74) is 8.91. The molecular formula is C16H20BrN3O. The minimum absolute atomic E-state index is 0.106. The Morgan fingerprint density at radius 3 is 2.90 bits per heavy atom. The fourth-order valence-electron chi connectivity index (χ4n) is 4.22. The minimum Gasteiger partial charge on any atom is -0.367 e. The van der Waals surface area contributed by atoms with Crippen molar-refractivity contribution in [3.8, 4) is 0 Å². The number of amides is 1. The normalized spacial score (nSPS) is 31.0. The number of benzene rings is 1. The Labute approximate surface area is 133 Å². The standard InChI is InChI=1S/C16H20BrN3O/c17-11-7-10-12(19-16(21)15(10)18)8-14(11)20-6-5-9-3-1-2-4-13(9)20/h7-9,13,15H,1-6,18H2,(H,19,21). The second-order valence-electron chi connectivity index (χ2n) is 6.45. The lowest BCUT2D eigenvalue weighted by atomic mass is 9.85. The van der Waals surface area contributed by atoms with E-state index >= 15 is 0 Å². The van der Waals surface area contributed by atoms with Crippen LogP contribution >= 0.6 is 15.9 Å². The molecule has 5 heteroatoms. The van der Waals surface area contributed by atoms with Crippen LogP contribution in [0.25, 0.3) is 0 Å². The zero-order valence-corrected chi connectivity index (χ0v) is 13.5. The molecule has 3 atom stereocenters. The van der Waals surface area contributed by atoms with Crippen molar-refractivity contribution in [2.24, 2.45) is 11.7 Å². The summed E-state index contributed by atoms with van der Waals surface area (Å²) in [6, 6.07) is 4.25. The van der Waals surface area contributed by atoms with E-state index < -0.39 is 6.04 Å². The molecule has 4 rings (SSSR count). The van der Waals surface area contributed by atoms with Crippen LogP contribution in [-0.4, -0.2) is 18.5 Å². The highest BCUT2D eigenvalue weighted by atomic mass is 79.9. The first-order valence-electron chi connectivity index (χ1n) is 7.81. The minimum atomic E-state index is -0.536. The second kappa shape index (κ2) is 4.99. The number of carbonyl (C=O) groups is 1. The van der Waals surface area contributed by atoms with Crippen molar-refractivity contribution in [3.63, 3.8) is 0 Å². The molecule has 0 bridgehead atoms. The fraction of sp³-hybridized carbons (Fsp3) is 0.562. The smallest absolute Gasteiger partial charge is 0.245 e. The Hall–Kier alpha value is -1.07. The van der Waals surface area contributed by atoms with Crippen molar-refractivity contribution >= 4 is 33.2 Å². The van der Waals surface area contributed by atoms with Crippen LogP contribution in [0.3, 0.4) is 0 Å². The number of rotatable bonds is 1. The van der Waals surface area contributed by atoms with Gasteiger partial charge in [0.1, 0.15) is 6.04 Å². The van der Waals surface area contributed by atoms with Gasteiger partial charge in [-0.3, -0.25) is 4.79 Å². The summed E-state index contributed by atoms with van der Waals surface area (Å²) < 4.78 is 1.06. The SMILES string of the molecule is NC1C(=O)Nc2cc(N3CCC4CCCCC43)c(Br)cc21. The first-order chi connectivity index (χ1) is 10.1. The zero-order valence-electron chi connectivity index (χ0n) is 11.9. The van der Waals surface area contributed by atoms with Gasteiger partial charge in [0.2, 0.25) is 5.91 Å². The van der Waals surface area contributed by atoms with E-state index in [9.17, 15) is 4.79 Å². The maximum absolute atomic E-state index is 11.7. The summed E-state index contributed by atoms with van der Waals surface area (Å²) in [6.45, 7) is 1.12. The molecule has 1 saturated carbocycles. The van der Waals surface area contributed by atoms with Crippen molar-refractivity contribution in [2.75, 3.05) is 16.8 Å². The largest absolute Gasteiger partial charge is 0.367 e. The van der Waals surface area contributed by atoms with Crippen molar-refractivity contribution in [1.29, 1.82) is 0 Å². The Bertz CT molecular complexity index is 603. The van der Waals surface area contributed by atoms with Crippen molar-refractivity contribution < 1.29 is 4.79 Å². The van der Waals surface area contributed by atoms with Gasteiger partial charge in [-0.15, -0.1) is 0 Å². The molecular weight excluding hydrogens is 330 g/mol. The summed E-state index contributed by atoms with van der Waals surface area (Å²) in [4.78, 5) is 14.3. The van der Waals surface area contributed by atoms with Crippen LogP contribution in [0, 0.1) is 5.92 Å². The van der Waals surface area contributed by atoms with Gasteiger partial charge in [-0.25, -0.2) is 0 Å². The summed E-state index contributed by atoms with van der Waals surface area (Å²) in [7, 11) is 0. The van der Waals surface area contributed by atoms with Crippen LogP contribution in [0.15, 0.2) is 16.6 Å². The van der Waals surface area contributed by atoms with Crippen molar-refractivity contribution in [3.05, 3.63) is 22.2 Å². The van der Waals surface area contributed by atoms with Crippen LogP contribution in [0.5, 0.6) is 0 Å². The average Bonchev–Trinajstić information content (AvgIpc) is 3.02. The highest BCUT2D eigenvalue weighted by Gasteiger charge is 2.37. The number of anilines is 2. The van der Waals surface area contributed by atoms with Gasteiger partial charge in [0, 0.05) is 28.3 Å². The molecule has 2 aliphatic heterocycles. The number of nitrogens with one attached hydrogen (secondary N) is 1. The highest BCUT2D eigenvalue weighted by Crippen LogP contribution is 2.44. The van der Waals surface area contributed by atoms with Gasteiger partial charge in [-0.1, -0.05) is 12.8 Å². The number of hydrogen-bond donors (Lipinski definition) is 2. The zero-order chi connectivity index (χ0) is 14.6. The van der Waals surface area contributed by atoms with Crippen LogP contribution < -0.4 is 16.0 Å². The molecule has 2 heterocycles. The number of fused-ring (bicyclic) bond motifs is 2. The van der Waals surface area contributed by atoms with E-state index in [1.807, 2.05) is 6.07 Å². The molecule has 1 aromatic carbocycles. The molecule has 21 heavy (non-hydrogen) atoms. The summed E-state index contributed by atoms with van der Waals surface area (Å²) >= 11 is 3.69. The predicted molar refractivity (Wildman–Crippen MR) is 87.4 cm³/mol. The first-order valence-corrected chi connectivity index (χ1v) is 8.61. The van der Waals surface area contributed by atoms with Gasteiger partial charge in [0.25, 0.3) is 0 Å². The van der Waals surface area contributed by atoms with Crippen molar-refractivity contribution in [2.45, 2.75) is 44.2 Å². The summed E-state index contributed by atoms with van der Waals surface area (Å²) in [6.07, 6.45) is 6.67. The molecule has 1 saturated heterocycles. The Balaban J connectivity index is 1.70. The Morgan fingerprint density at radius 1 is 1.24 bits per heavy atom. The maximum atomic E-state index is 11.7. The van der Waals surface area contributed by atoms with Crippen molar-refractivity contribution in [1.82, 2.24) is 0 Å². The molecule has 4 nitrogen and oxygen atoms in total. The molecule has 1 aliphatic carbocycles. The summed E-state index contributed by atoms with van der Waals surface area (Å²) in [5.74, 6) is 0.738. The van der Waals surface area contributed by atoms with Gasteiger partial charge in [-0.05, 0) is 53.2 Å². The lowest BCUT2D eigenvalue weighted by Crippen LogP contribution is -2.34. The van der Waals surface area contributed by atoms with Gasteiger partial charge in [0.05, 0.1) is 5.69 Å². The van der Waals surface area contributed by atoms with E-state index in [4.69, 9.17) is 5.73 Å². The van der Waals surface area contributed by atoms with Gasteiger partial charge in [0.15, 0.2) is 0 Å². The van der Waals surface area contributed by atoms with Crippen LogP contribution in [0.1, 0.15) is 43.7 Å². The molecule has 3 aliphatic rings. The predicted octanol–water partition coefficient (Wildman–Crippen LogP) is 3.17. The second-order valence-corrected chi connectivity index (χ2v) is 7.31. The molecule has 0 spiro atoms. The van der Waals surface area contributed by atoms with Gasteiger partial charge in [-0.2, -0.15) is 0 Å². The molecule has 0 radical (unpaired) electrons. The van der Waals surface area contributed by atoms with E-state index in [0.29, 0.717) is 6.04 Å². The topological polar surface area (TPSA) is 58.4 Å². The number of halogens is 1. The van der Waals surface area contributed by atoms with Gasteiger partial charge >= 0.3 is 0 Å². The third-order valence-corrected chi connectivity index (χ3v) is 5.95. The lowest BCUT2D eigenvalue weighted by Gasteiger charge is -2.34. The van der Waals surface area contributed by atoms with Crippen LogP contribution in [0.2, 0.25) is 0 Å². The lowest BCUT2D eigenvalue weighted by molar-refractivity contribution is -0.116.